The lowest BCUT2D eigenvalue weighted by molar-refractivity contribution is -0.387. The second-order valence-electron chi connectivity index (χ2n) is 5.73. The Morgan fingerprint density at radius 2 is 1.74 bits per heavy atom. The summed E-state index contributed by atoms with van der Waals surface area (Å²) in [4.78, 5) is 23.7. The molecule has 8 nitrogen and oxygen atoms in total. The normalized spacial score (nSPS) is 19.6. The van der Waals surface area contributed by atoms with Crippen LogP contribution in [0.25, 0.3) is 0 Å². The van der Waals surface area contributed by atoms with Gasteiger partial charge in [-0.2, -0.15) is 4.31 Å². The minimum absolute atomic E-state index is 0.0905. The van der Waals surface area contributed by atoms with Gasteiger partial charge in [-0.05, 0) is 18.9 Å². The number of rotatable bonds is 4. The van der Waals surface area contributed by atoms with Gasteiger partial charge in [-0.25, -0.2) is 8.42 Å². The molecule has 1 aliphatic heterocycles. The predicted molar refractivity (Wildman–Crippen MR) is 81.2 cm³/mol. The Hall–Kier alpha value is -2.00. The molecule has 1 aliphatic carbocycles. The fourth-order valence-corrected chi connectivity index (χ4v) is 4.28. The SMILES string of the molecule is O=C(C1CC1)N1CCN(S(=O)(=O)c2ccccc2[N+](=O)[O-])CC1. The van der Waals surface area contributed by atoms with Crippen LogP contribution in [0.5, 0.6) is 0 Å². The third-order valence-electron chi connectivity index (χ3n) is 4.16. The molecule has 23 heavy (non-hydrogen) atoms. The van der Waals surface area contributed by atoms with E-state index < -0.39 is 20.6 Å². The summed E-state index contributed by atoms with van der Waals surface area (Å²) in [7, 11) is -3.94. The molecule has 1 saturated heterocycles. The second-order valence-corrected chi connectivity index (χ2v) is 7.63. The third-order valence-corrected chi connectivity index (χ3v) is 6.10. The van der Waals surface area contributed by atoms with Gasteiger partial charge in [-0.1, -0.05) is 12.1 Å². The highest BCUT2D eigenvalue weighted by Crippen LogP contribution is 2.32. The van der Waals surface area contributed by atoms with E-state index >= 15 is 0 Å². The van der Waals surface area contributed by atoms with Gasteiger partial charge >= 0.3 is 0 Å². The molecule has 0 bridgehead atoms. The molecule has 1 heterocycles. The van der Waals surface area contributed by atoms with E-state index in [1.165, 1.54) is 28.6 Å². The number of nitro benzene ring substituents is 1. The van der Waals surface area contributed by atoms with E-state index in [1.807, 2.05) is 0 Å². The van der Waals surface area contributed by atoms with Crippen LogP contribution < -0.4 is 0 Å². The lowest BCUT2D eigenvalue weighted by Gasteiger charge is -2.34. The number of carbonyl (C=O) groups is 1. The maximum Gasteiger partial charge on any atom is 0.289 e. The number of nitro groups is 1. The minimum atomic E-state index is -3.94. The summed E-state index contributed by atoms with van der Waals surface area (Å²) < 4.78 is 26.5. The van der Waals surface area contributed by atoms with Crippen LogP contribution in [0.1, 0.15) is 12.8 Å². The zero-order valence-electron chi connectivity index (χ0n) is 12.4. The molecular formula is C14H17N3O5S. The van der Waals surface area contributed by atoms with Crippen LogP contribution in [0.2, 0.25) is 0 Å². The van der Waals surface area contributed by atoms with Gasteiger partial charge in [0.1, 0.15) is 0 Å². The van der Waals surface area contributed by atoms with Crippen molar-refractivity contribution in [1.29, 1.82) is 0 Å². The van der Waals surface area contributed by atoms with Crippen molar-refractivity contribution < 1.29 is 18.1 Å². The lowest BCUT2D eigenvalue weighted by atomic mass is 10.3. The minimum Gasteiger partial charge on any atom is -0.340 e. The van der Waals surface area contributed by atoms with E-state index in [1.54, 1.807) is 4.90 Å². The maximum atomic E-state index is 12.7. The highest BCUT2D eigenvalue weighted by molar-refractivity contribution is 7.89. The number of piperazine rings is 1. The Morgan fingerprint density at radius 3 is 2.30 bits per heavy atom. The van der Waals surface area contributed by atoms with E-state index in [9.17, 15) is 23.3 Å². The van der Waals surface area contributed by atoms with Gasteiger partial charge in [-0.15, -0.1) is 0 Å². The molecule has 2 aliphatic rings. The molecule has 1 aromatic rings. The molecule has 0 unspecified atom stereocenters. The van der Waals surface area contributed by atoms with Gasteiger partial charge in [0.05, 0.1) is 4.92 Å². The Kier molecular flexibility index (Phi) is 4.07. The predicted octanol–water partition coefficient (Wildman–Crippen LogP) is 0.838. The molecular weight excluding hydrogens is 322 g/mol. The van der Waals surface area contributed by atoms with Crippen LogP contribution in [-0.4, -0.2) is 54.6 Å². The molecule has 9 heteroatoms. The number of hydrogen-bond donors (Lipinski definition) is 0. The molecule has 2 fully saturated rings. The summed E-state index contributed by atoms with van der Waals surface area (Å²) in [5.41, 5.74) is -0.427. The van der Waals surface area contributed by atoms with Gasteiger partial charge in [0.25, 0.3) is 5.69 Å². The molecule has 0 atom stereocenters. The Labute approximate surface area is 133 Å². The van der Waals surface area contributed by atoms with Crippen molar-refractivity contribution in [3.05, 3.63) is 34.4 Å². The monoisotopic (exact) mass is 339 g/mol. The molecule has 0 aromatic heterocycles. The maximum absolute atomic E-state index is 12.7. The van der Waals surface area contributed by atoms with E-state index in [-0.39, 0.29) is 29.8 Å². The van der Waals surface area contributed by atoms with E-state index in [0.29, 0.717) is 13.1 Å². The van der Waals surface area contributed by atoms with Crippen molar-refractivity contribution in [2.24, 2.45) is 5.92 Å². The molecule has 1 amide bonds. The van der Waals surface area contributed by atoms with Crippen molar-refractivity contribution >= 4 is 21.6 Å². The third kappa shape index (κ3) is 3.06. The summed E-state index contributed by atoms with van der Waals surface area (Å²) in [6, 6.07) is 5.32. The number of carbonyl (C=O) groups excluding carboxylic acids is 1. The van der Waals surface area contributed by atoms with E-state index in [2.05, 4.69) is 0 Å². The fraction of sp³-hybridized carbons (Fsp3) is 0.500. The number of nitrogens with zero attached hydrogens (tertiary/aromatic N) is 3. The molecule has 3 rings (SSSR count). The fourth-order valence-electron chi connectivity index (χ4n) is 2.70. The highest BCUT2D eigenvalue weighted by Gasteiger charge is 2.38. The van der Waals surface area contributed by atoms with Crippen molar-refractivity contribution in [3.63, 3.8) is 0 Å². The van der Waals surface area contributed by atoms with Gasteiger partial charge in [0, 0.05) is 38.2 Å². The molecule has 0 N–H and O–H groups in total. The molecule has 0 radical (unpaired) electrons. The standard InChI is InChI=1S/C14H17N3O5S/c18-14(11-5-6-11)15-7-9-16(10-8-15)23(21,22)13-4-2-1-3-12(13)17(19)20/h1-4,11H,5-10H2. The van der Waals surface area contributed by atoms with Crippen LogP contribution in [-0.2, 0) is 14.8 Å². The van der Waals surface area contributed by atoms with Crippen molar-refractivity contribution in [3.8, 4) is 0 Å². The van der Waals surface area contributed by atoms with Gasteiger partial charge < -0.3 is 4.90 Å². The Bertz CT molecular complexity index is 737. The van der Waals surface area contributed by atoms with Crippen molar-refractivity contribution in [1.82, 2.24) is 9.21 Å². The van der Waals surface area contributed by atoms with Crippen LogP contribution in [0.3, 0.4) is 0 Å². The number of para-hydroxylation sites is 1. The number of benzene rings is 1. The first-order valence-electron chi connectivity index (χ1n) is 7.43. The van der Waals surface area contributed by atoms with Crippen molar-refractivity contribution in [2.75, 3.05) is 26.2 Å². The molecule has 1 aromatic carbocycles. The Morgan fingerprint density at radius 1 is 1.13 bits per heavy atom. The smallest absolute Gasteiger partial charge is 0.289 e. The van der Waals surface area contributed by atoms with Crippen LogP contribution >= 0.6 is 0 Å². The number of hydrogen-bond acceptors (Lipinski definition) is 5. The van der Waals surface area contributed by atoms with E-state index in [0.717, 1.165) is 12.8 Å². The second kappa shape index (κ2) is 5.89. The van der Waals surface area contributed by atoms with Crippen molar-refractivity contribution in [2.45, 2.75) is 17.7 Å². The number of amides is 1. The zero-order chi connectivity index (χ0) is 16.6. The Balaban J connectivity index is 1.77. The van der Waals surface area contributed by atoms with Crippen LogP contribution in [0.4, 0.5) is 5.69 Å². The zero-order valence-corrected chi connectivity index (χ0v) is 13.2. The summed E-state index contributed by atoms with van der Waals surface area (Å²) in [6.07, 6.45) is 1.82. The molecule has 1 saturated carbocycles. The first kappa shape index (κ1) is 15.9. The van der Waals surface area contributed by atoms with E-state index in [4.69, 9.17) is 0 Å². The van der Waals surface area contributed by atoms with Gasteiger partial charge in [0.15, 0.2) is 4.90 Å². The summed E-state index contributed by atoms with van der Waals surface area (Å²) >= 11 is 0. The molecule has 0 spiro atoms. The topological polar surface area (TPSA) is 101 Å². The van der Waals surface area contributed by atoms with Gasteiger partial charge in [0.2, 0.25) is 15.9 Å². The lowest BCUT2D eigenvalue weighted by Crippen LogP contribution is -2.50. The van der Waals surface area contributed by atoms with Crippen LogP contribution in [0.15, 0.2) is 29.2 Å². The molecule has 124 valence electrons. The quantitative estimate of drug-likeness (QED) is 0.597. The summed E-state index contributed by atoms with van der Waals surface area (Å²) in [5.74, 6) is 0.195. The summed E-state index contributed by atoms with van der Waals surface area (Å²) in [5, 5.41) is 11.0. The summed E-state index contributed by atoms with van der Waals surface area (Å²) in [6.45, 7) is 0.976. The average Bonchev–Trinajstić information content (AvgIpc) is 3.39. The highest BCUT2D eigenvalue weighted by atomic mass is 32.2. The first-order chi connectivity index (χ1) is 10.9. The van der Waals surface area contributed by atoms with Crippen LogP contribution in [0, 0.1) is 16.0 Å². The largest absolute Gasteiger partial charge is 0.340 e. The van der Waals surface area contributed by atoms with Gasteiger partial charge in [-0.3, -0.25) is 14.9 Å². The first-order valence-corrected chi connectivity index (χ1v) is 8.87. The number of sulfonamides is 1. The average molecular weight is 339 g/mol.